The van der Waals surface area contributed by atoms with E-state index in [0.717, 1.165) is 5.56 Å². The molecule has 0 spiro atoms. The Labute approximate surface area is 169 Å². The predicted octanol–water partition coefficient (Wildman–Crippen LogP) is 4.12. The molecule has 1 unspecified atom stereocenters. The van der Waals surface area contributed by atoms with Crippen molar-refractivity contribution in [1.29, 1.82) is 0 Å². The third-order valence-corrected chi connectivity index (χ3v) is 5.17. The Kier molecular flexibility index (Phi) is 6.00. The number of nitrogens with zero attached hydrogens (tertiary/aromatic N) is 3. The average Bonchev–Trinajstić information content (AvgIpc) is 3.15. The number of amides is 1. The van der Waals surface area contributed by atoms with Crippen molar-refractivity contribution in [2.24, 2.45) is 0 Å². The zero-order valence-corrected chi connectivity index (χ0v) is 17.8. The van der Waals surface area contributed by atoms with Crippen LogP contribution in [-0.4, -0.2) is 50.9 Å². The number of rotatable bonds is 5. The number of ether oxygens (including phenoxy) is 2. The second kappa shape index (κ2) is 8.13. The molecule has 1 aromatic heterocycles. The summed E-state index contributed by atoms with van der Waals surface area (Å²) >= 11 is 1.42. The van der Waals surface area contributed by atoms with Crippen molar-refractivity contribution < 1.29 is 18.7 Å². The highest BCUT2D eigenvalue weighted by molar-refractivity contribution is 7.99. The van der Waals surface area contributed by atoms with Crippen LogP contribution in [0, 0.1) is 0 Å². The molecule has 152 valence electrons. The largest absolute Gasteiger partial charge is 0.444 e. The molecule has 1 fully saturated rings. The Bertz CT molecular complexity index is 801. The van der Waals surface area contributed by atoms with Gasteiger partial charge in [0.2, 0.25) is 5.89 Å². The van der Waals surface area contributed by atoms with Crippen molar-refractivity contribution in [3.63, 3.8) is 0 Å². The smallest absolute Gasteiger partial charge is 0.412 e. The van der Waals surface area contributed by atoms with Gasteiger partial charge in [0.15, 0.2) is 0 Å². The number of carbonyl (C=O) groups is 1. The molecule has 7 nitrogen and oxygen atoms in total. The number of carbonyl (C=O) groups excluding carboxylic acids is 1. The van der Waals surface area contributed by atoms with Crippen LogP contribution in [0.4, 0.5) is 4.79 Å². The summed E-state index contributed by atoms with van der Waals surface area (Å²) in [6, 6.07) is 9.84. The van der Waals surface area contributed by atoms with Crippen molar-refractivity contribution in [3.8, 4) is 0 Å². The van der Waals surface area contributed by atoms with E-state index in [9.17, 15) is 4.79 Å². The topological polar surface area (TPSA) is 77.7 Å². The van der Waals surface area contributed by atoms with E-state index < -0.39 is 11.3 Å². The molecule has 0 radical (unpaired) electrons. The Balaban J connectivity index is 1.61. The summed E-state index contributed by atoms with van der Waals surface area (Å²) in [5, 5.41) is 8.71. The molecule has 1 aliphatic heterocycles. The quantitative estimate of drug-likeness (QED) is 0.692. The maximum absolute atomic E-state index is 12.7. The monoisotopic (exact) mass is 405 g/mol. The fraction of sp³-hybridized carbons (Fsp3) is 0.550. The third kappa shape index (κ3) is 5.26. The molecule has 1 amide bonds. The molecule has 8 heteroatoms. The number of benzene rings is 1. The highest BCUT2D eigenvalue weighted by Crippen LogP contribution is 2.32. The molecule has 3 rings (SSSR count). The van der Waals surface area contributed by atoms with Crippen LogP contribution in [0.3, 0.4) is 0 Å². The van der Waals surface area contributed by atoms with Crippen LogP contribution in [0.25, 0.3) is 0 Å². The second-order valence-electron chi connectivity index (χ2n) is 8.20. The van der Waals surface area contributed by atoms with Gasteiger partial charge >= 0.3 is 6.09 Å². The van der Waals surface area contributed by atoms with Crippen LogP contribution < -0.4 is 0 Å². The lowest BCUT2D eigenvalue weighted by Crippen LogP contribution is -2.50. The van der Waals surface area contributed by atoms with Gasteiger partial charge in [0.05, 0.1) is 19.1 Å². The molecule has 1 saturated heterocycles. The summed E-state index contributed by atoms with van der Waals surface area (Å²) in [4.78, 5) is 14.3. The molecule has 1 atom stereocenters. The summed E-state index contributed by atoms with van der Waals surface area (Å²) < 4.78 is 17.1. The molecule has 2 aromatic rings. The zero-order chi connectivity index (χ0) is 20.4. The fourth-order valence-corrected chi connectivity index (χ4v) is 3.83. The number of hydrogen-bond acceptors (Lipinski definition) is 7. The number of hydrogen-bond donors (Lipinski definition) is 0. The highest BCUT2D eigenvalue weighted by atomic mass is 32.2. The molecule has 0 aliphatic carbocycles. The van der Waals surface area contributed by atoms with Gasteiger partial charge in [0, 0.05) is 5.75 Å². The van der Waals surface area contributed by atoms with E-state index in [1.54, 1.807) is 4.90 Å². The Morgan fingerprint density at radius 1 is 1.29 bits per heavy atom. The minimum atomic E-state index is -0.721. The summed E-state index contributed by atoms with van der Waals surface area (Å²) in [6.07, 6.45) is 0.216. The molecule has 28 heavy (non-hydrogen) atoms. The van der Waals surface area contributed by atoms with Gasteiger partial charge in [-0.1, -0.05) is 42.1 Å². The molecule has 1 aliphatic rings. The van der Waals surface area contributed by atoms with E-state index in [0.29, 0.717) is 29.9 Å². The van der Waals surface area contributed by atoms with E-state index in [-0.39, 0.29) is 12.1 Å². The van der Waals surface area contributed by atoms with Crippen molar-refractivity contribution in [3.05, 3.63) is 41.8 Å². The highest BCUT2D eigenvalue weighted by Gasteiger charge is 2.45. The molecule has 1 aromatic carbocycles. The van der Waals surface area contributed by atoms with Gasteiger partial charge < -0.3 is 13.9 Å². The van der Waals surface area contributed by atoms with Crippen molar-refractivity contribution in [2.45, 2.75) is 63.6 Å². The standard InChI is InChI=1S/C20H27N3O4S/c1-19(2,3)27-18(24)23-15(12-25-20(23,4)5)13-28-17-22-21-16(26-17)11-14-9-7-6-8-10-14/h6-10,15H,11-13H2,1-5H3. The minimum absolute atomic E-state index is 0.140. The van der Waals surface area contributed by atoms with E-state index in [2.05, 4.69) is 10.2 Å². The van der Waals surface area contributed by atoms with Crippen LogP contribution in [0.2, 0.25) is 0 Å². The lowest BCUT2D eigenvalue weighted by Gasteiger charge is -2.34. The summed E-state index contributed by atoms with van der Waals surface area (Å²) in [6.45, 7) is 9.73. The molecule has 0 N–H and O–H groups in total. The van der Waals surface area contributed by atoms with Gasteiger partial charge in [-0.05, 0) is 40.2 Å². The fourth-order valence-electron chi connectivity index (χ4n) is 2.99. The summed E-state index contributed by atoms with van der Waals surface area (Å²) in [5.74, 6) is 1.15. The maximum Gasteiger partial charge on any atom is 0.412 e. The summed E-state index contributed by atoms with van der Waals surface area (Å²) in [5.41, 5.74) is -0.169. The van der Waals surface area contributed by atoms with E-state index in [1.165, 1.54) is 11.8 Å². The minimum Gasteiger partial charge on any atom is -0.444 e. The zero-order valence-electron chi connectivity index (χ0n) is 17.0. The first kappa shape index (κ1) is 20.7. The van der Waals surface area contributed by atoms with Gasteiger partial charge in [0.25, 0.3) is 5.22 Å². The van der Waals surface area contributed by atoms with Crippen molar-refractivity contribution in [2.75, 3.05) is 12.4 Å². The SMILES string of the molecule is CC(C)(C)OC(=O)N1C(CSc2nnc(Cc3ccccc3)o2)COC1(C)C. The molecular weight excluding hydrogens is 378 g/mol. The van der Waals surface area contributed by atoms with Crippen molar-refractivity contribution >= 4 is 17.9 Å². The first-order valence-corrected chi connectivity index (χ1v) is 10.3. The summed E-state index contributed by atoms with van der Waals surface area (Å²) in [7, 11) is 0. The first-order valence-electron chi connectivity index (χ1n) is 9.29. The molecule has 0 bridgehead atoms. The Morgan fingerprint density at radius 2 is 2.00 bits per heavy atom. The van der Waals surface area contributed by atoms with E-state index >= 15 is 0 Å². The van der Waals surface area contributed by atoms with Gasteiger partial charge in [-0.2, -0.15) is 0 Å². The van der Waals surface area contributed by atoms with Gasteiger partial charge in [-0.25, -0.2) is 4.79 Å². The van der Waals surface area contributed by atoms with Gasteiger partial charge in [-0.3, -0.25) is 4.90 Å². The normalized spacial score (nSPS) is 19.0. The van der Waals surface area contributed by atoms with Crippen LogP contribution >= 0.6 is 11.8 Å². The van der Waals surface area contributed by atoms with E-state index in [4.69, 9.17) is 13.9 Å². The van der Waals surface area contributed by atoms with Gasteiger partial charge in [-0.15, -0.1) is 10.2 Å². The third-order valence-electron chi connectivity index (χ3n) is 4.21. The second-order valence-corrected chi connectivity index (χ2v) is 9.17. The van der Waals surface area contributed by atoms with Crippen molar-refractivity contribution in [1.82, 2.24) is 15.1 Å². The van der Waals surface area contributed by atoms with Crippen LogP contribution in [0.5, 0.6) is 0 Å². The average molecular weight is 406 g/mol. The van der Waals surface area contributed by atoms with Gasteiger partial charge in [0.1, 0.15) is 11.3 Å². The molecular formula is C20H27N3O4S. The number of aromatic nitrogens is 2. The number of thioether (sulfide) groups is 1. The lowest BCUT2D eigenvalue weighted by molar-refractivity contribution is -0.0617. The van der Waals surface area contributed by atoms with Crippen LogP contribution in [0.1, 0.15) is 46.1 Å². The molecule has 0 saturated carbocycles. The van der Waals surface area contributed by atoms with Crippen LogP contribution in [0.15, 0.2) is 40.0 Å². The van der Waals surface area contributed by atoms with E-state index in [1.807, 2.05) is 65.0 Å². The first-order chi connectivity index (χ1) is 13.1. The predicted molar refractivity (Wildman–Crippen MR) is 106 cm³/mol. The Morgan fingerprint density at radius 3 is 2.68 bits per heavy atom. The Hall–Kier alpha value is -2.06. The lowest BCUT2D eigenvalue weighted by atomic mass is 10.2. The maximum atomic E-state index is 12.7. The van der Waals surface area contributed by atoms with Crippen LogP contribution in [-0.2, 0) is 15.9 Å². The molecule has 2 heterocycles.